The van der Waals surface area contributed by atoms with Crippen molar-refractivity contribution in [3.63, 3.8) is 0 Å². The fraction of sp³-hybridized carbons (Fsp3) is 0.750. The molecule has 0 amide bonds. The van der Waals surface area contributed by atoms with E-state index in [1.54, 1.807) is 13.8 Å². The van der Waals surface area contributed by atoms with Crippen molar-refractivity contribution in [3.05, 3.63) is 0 Å². The lowest BCUT2D eigenvalue weighted by atomic mass is 10.3. The van der Waals surface area contributed by atoms with Crippen LogP contribution in [0.1, 0.15) is 13.8 Å². The van der Waals surface area contributed by atoms with Gasteiger partial charge in [-0.25, -0.2) is 4.79 Å². The Hall–Kier alpha value is -0.730. The van der Waals surface area contributed by atoms with Crippen LogP contribution in [0.3, 0.4) is 0 Å². The van der Waals surface area contributed by atoms with Gasteiger partial charge in [0.1, 0.15) is 6.04 Å². The first-order valence-corrected chi connectivity index (χ1v) is 7.67. The fourth-order valence-electron chi connectivity index (χ4n) is 1.26. The first-order valence-electron chi connectivity index (χ1n) is 6.40. The summed E-state index contributed by atoms with van der Waals surface area (Å²) in [5.74, 6) is -0.175. The third-order valence-electron chi connectivity index (χ3n) is 2.23. The van der Waals surface area contributed by atoms with Crippen molar-refractivity contribution < 1.29 is 19.1 Å². The van der Waals surface area contributed by atoms with Crippen LogP contribution in [0.15, 0.2) is 4.99 Å². The minimum Gasteiger partial charge on any atom is -0.465 e. The average Bonchev–Trinajstić information content (AvgIpc) is 2.43. The number of nitrogens with zero attached hydrogens (tertiary/aromatic N) is 1. The normalized spacial score (nSPS) is 14.0. The van der Waals surface area contributed by atoms with Crippen molar-refractivity contribution in [2.45, 2.75) is 25.9 Å². The Morgan fingerprint density at radius 3 is 2.25 bits per heavy atom. The van der Waals surface area contributed by atoms with Crippen LogP contribution in [-0.2, 0) is 19.1 Å². The van der Waals surface area contributed by atoms with Crippen molar-refractivity contribution in [2.75, 3.05) is 31.3 Å². The molecule has 0 aliphatic rings. The first-order chi connectivity index (χ1) is 9.60. The summed E-state index contributed by atoms with van der Waals surface area (Å²) in [5, 5.41) is 2.93. The van der Waals surface area contributed by atoms with Gasteiger partial charge in [-0.1, -0.05) is 0 Å². The highest BCUT2D eigenvalue weighted by atomic mass is 32.1. The van der Waals surface area contributed by atoms with Crippen molar-refractivity contribution in [3.8, 4) is 0 Å². The zero-order valence-corrected chi connectivity index (χ0v) is 13.5. The maximum absolute atomic E-state index is 11.5. The quantitative estimate of drug-likeness (QED) is 0.308. The smallest absolute Gasteiger partial charge is 0.331 e. The molecule has 0 aliphatic carbocycles. The maximum atomic E-state index is 11.5. The lowest BCUT2D eigenvalue weighted by molar-refractivity contribution is -0.145. The number of esters is 2. The minimum atomic E-state index is -0.628. The summed E-state index contributed by atoms with van der Waals surface area (Å²) in [6.07, 6.45) is 1.52. The van der Waals surface area contributed by atoms with Crippen LogP contribution in [0.2, 0.25) is 0 Å². The van der Waals surface area contributed by atoms with Crippen LogP contribution < -0.4 is 5.32 Å². The van der Waals surface area contributed by atoms with Gasteiger partial charge in [0.05, 0.1) is 13.2 Å². The van der Waals surface area contributed by atoms with E-state index in [4.69, 9.17) is 9.47 Å². The number of aliphatic imine (C=N–C) groups is 1. The largest absolute Gasteiger partial charge is 0.465 e. The minimum absolute atomic E-state index is 0.267. The van der Waals surface area contributed by atoms with Crippen molar-refractivity contribution >= 4 is 43.4 Å². The molecule has 0 fully saturated rings. The average molecular weight is 322 g/mol. The lowest BCUT2D eigenvalue weighted by Gasteiger charge is -2.13. The number of hydrogen-bond acceptors (Lipinski definition) is 8. The highest BCUT2D eigenvalue weighted by Crippen LogP contribution is 1.98. The molecule has 0 spiro atoms. The predicted octanol–water partition coefficient (Wildman–Crippen LogP) is 0.370. The molecule has 0 unspecified atom stereocenters. The SMILES string of the molecule is CCOC(=O)[C@H](CS)N=CCN[C@@H](CS)C(=O)OCC. The van der Waals surface area contributed by atoms with Crippen molar-refractivity contribution in [1.82, 2.24) is 5.32 Å². The second-order valence-corrected chi connectivity index (χ2v) is 4.41. The zero-order valence-electron chi connectivity index (χ0n) is 11.7. The van der Waals surface area contributed by atoms with Crippen LogP contribution in [0.5, 0.6) is 0 Å². The highest BCUT2D eigenvalue weighted by Gasteiger charge is 2.17. The Balaban J connectivity index is 4.21. The van der Waals surface area contributed by atoms with E-state index >= 15 is 0 Å². The van der Waals surface area contributed by atoms with Gasteiger partial charge in [-0.2, -0.15) is 25.3 Å². The fourth-order valence-corrected chi connectivity index (χ4v) is 1.78. The molecule has 0 rings (SSSR count). The molecule has 0 aromatic carbocycles. The van der Waals surface area contributed by atoms with Crippen molar-refractivity contribution in [2.24, 2.45) is 4.99 Å². The second-order valence-electron chi connectivity index (χ2n) is 3.68. The van der Waals surface area contributed by atoms with Crippen LogP contribution in [-0.4, -0.2) is 61.5 Å². The second kappa shape index (κ2) is 12.0. The molecule has 0 heterocycles. The molecule has 0 bridgehead atoms. The number of ether oxygens (including phenoxy) is 2. The first kappa shape index (κ1) is 19.3. The summed E-state index contributed by atoms with van der Waals surface area (Å²) >= 11 is 8.12. The molecule has 0 aromatic rings. The summed E-state index contributed by atoms with van der Waals surface area (Å²) in [5.41, 5.74) is 0. The molecule has 2 atom stereocenters. The Morgan fingerprint density at radius 1 is 1.15 bits per heavy atom. The lowest BCUT2D eigenvalue weighted by Crippen LogP contribution is -2.40. The summed E-state index contributed by atoms with van der Waals surface area (Å²) in [7, 11) is 0. The summed E-state index contributed by atoms with van der Waals surface area (Å²) in [6, 6.07) is -1.13. The summed E-state index contributed by atoms with van der Waals surface area (Å²) in [6.45, 7) is 4.43. The van der Waals surface area contributed by atoms with E-state index in [0.29, 0.717) is 25.5 Å². The number of carbonyl (C=O) groups is 2. The third kappa shape index (κ3) is 7.76. The number of nitrogens with one attached hydrogen (secondary N) is 1. The van der Waals surface area contributed by atoms with E-state index < -0.39 is 18.1 Å². The van der Waals surface area contributed by atoms with Gasteiger partial charge >= 0.3 is 11.9 Å². The molecule has 20 heavy (non-hydrogen) atoms. The van der Waals surface area contributed by atoms with Gasteiger partial charge in [0, 0.05) is 24.3 Å². The van der Waals surface area contributed by atoms with Gasteiger partial charge in [-0.3, -0.25) is 15.1 Å². The van der Waals surface area contributed by atoms with E-state index in [2.05, 4.69) is 35.6 Å². The molecule has 0 radical (unpaired) electrons. The van der Waals surface area contributed by atoms with E-state index in [1.165, 1.54) is 6.21 Å². The van der Waals surface area contributed by atoms with Gasteiger partial charge in [0.2, 0.25) is 0 Å². The third-order valence-corrected chi connectivity index (χ3v) is 2.94. The molecule has 0 saturated carbocycles. The molecule has 6 nitrogen and oxygen atoms in total. The molecule has 8 heteroatoms. The number of thiol groups is 2. The molecule has 116 valence electrons. The number of hydrogen-bond donors (Lipinski definition) is 3. The van der Waals surface area contributed by atoms with Gasteiger partial charge in [-0.15, -0.1) is 0 Å². The molecular weight excluding hydrogens is 300 g/mol. The van der Waals surface area contributed by atoms with Gasteiger partial charge in [-0.05, 0) is 13.8 Å². The van der Waals surface area contributed by atoms with Crippen LogP contribution in [0.25, 0.3) is 0 Å². The Morgan fingerprint density at radius 2 is 1.75 bits per heavy atom. The van der Waals surface area contributed by atoms with E-state index in [9.17, 15) is 9.59 Å². The Labute approximate surface area is 130 Å². The number of rotatable bonds is 10. The van der Waals surface area contributed by atoms with Crippen molar-refractivity contribution in [1.29, 1.82) is 0 Å². The van der Waals surface area contributed by atoms with Crippen LogP contribution in [0.4, 0.5) is 0 Å². The predicted molar refractivity (Wildman–Crippen MR) is 85.0 cm³/mol. The molecule has 0 aromatic heterocycles. The molecule has 1 N–H and O–H groups in total. The van der Waals surface area contributed by atoms with E-state index in [-0.39, 0.29) is 11.7 Å². The van der Waals surface area contributed by atoms with E-state index in [1.807, 2.05) is 0 Å². The standard InChI is InChI=1S/C12H22N2O4S2/c1-3-17-11(15)9(7-19)13-5-6-14-10(8-20)12(16)18-4-2/h5,9-10,14,19-20H,3-4,6-8H2,1-2H3/t9-,10-/m0/s1. The van der Waals surface area contributed by atoms with Gasteiger partial charge in [0.15, 0.2) is 6.04 Å². The summed E-state index contributed by atoms with van der Waals surface area (Å²) in [4.78, 5) is 27.0. The van der Waals surface area contributed by atoms with Gasteiger partial charge in [0.25, 0.3) is 0 Å². The highest BCUT2D eigenvalue weighted by molar-refractivity contribution is 7.80. The maximum Gasteiger partial charge on any atom is 0.331 e. The Kier molecular flexibility index (Phi) is 11.6. The van der Waals surface area contributed by atoms with Gasteiger partial charge < -0.3 is 9.47 Å². The molecule has 0 aliphatic heterocycles. The topological polar surface area (TPSA) is 77.0 Å². The molecule has 0 saturated heterocycles. The summed E-state index contributed by atoms with van der Waals surface area (Å²) < 4.78 is 9.74. The zero-order chi connectivity index (χ0) is 15.4. The van der Waals surface area contributed by atoms with Crippen LogP contribution >= 0.6 is 25.3 Å². The number of carbonyl (C=O) groups excluding carboxylic acids is 2. The Bertz CT molecular complexity index is 327. The monoisotopic (exact) mass is 322 g/mol. The molecular formula is C12H22N2O4S2. The van der Waals surface area contributed by atoms with Crippen LogP contribution in [0, 0.1) is 0 Å². The van der Waals surface area contributed by atoms with E-state index in [0.717, 1.165) is 0 Å².